The van der Waals surface area contributed by atoms with Gasteiger partial charge in [0.25, 0.3) is 5.91 Å². The zero-order chi connectivity index (χ0) is 31.1. The Morgan fingerprint density at radius 3 is 2.64 bits per heavy atom. The average molecular weight is 614 g/mol. The van der Waals surface area contributed by atoms with E-state index in [4.69, 9.17) is 13.9 Å². The molecule has 2 aliphatic rings. The molecule has 234 valence electrons. The molecule has 0 spiro atoms. The number of rotatable bonds is 10. The minimum Gasteiger partial charge on any atom is -0.456 e. The van der Waals surface area contributed by atoms with Crippen LogP contribution in [0.25, 0.3) is 38.5 Å². The molecule has 1 fully saturated rings. The molecule has 0 atom stereocenters. The Morgan fingerprint density at radius 2 is 1.82 bits per heavy atom. The third-order valence-electron chi connectivity index (χ3n) is 8.52. The molecule has 10 nitrogen and oxygen atoms in total. The van der Waals surface area contributed by atoms with Gasteiger partial charge in [-0.05, 0) is 51.7 Å². The van der Waals surface area contributed by atoms with Gasteiger partial charge in [-0.2, -0.15) is 0 Å². The van der Waals surface area contributed by atoms with Gasteiger partial charge < -0.3 is 34.0 Å². The molecule has 0 saturated carbocycles. The highest BCUT2D eigenvalue weighted by Crippen LogP contribution is 2.47. The minimum atomic E-state index is -0.614. The number of carbonyl (C=O) groups excluding carboxylic acids is 1. The van der Waals surface area contributed by atoms with E-state index in [-0.39, 0.29) is 22.4 Å². The van der Waals surface area contributed by atoms with Gasteiger partial charge in [-0.15, -0.1) is 0 Å². The number of unbranched alkanes of at least 4 members (excludes halogenated alkanes) is 1. The van der Waals surface area contributed by atoms with Gasteiger partial charge in [0, 0.05) is 55.8 Å². The van der Waals surface area contributed by atoms with Gasteiger partial charge in [-0.1, -0.05) is 18.2 Å². The molecule has 45 heavy (non-hydrogen) atoms. The summed E-state index contributed by atoms with van der Waals surface area (Å²) in [6, 6.07) is 12.6. The molecule has 3 aromatic carbocycles. The number of fused-ring (bicyclic) bond motifs is 5. The second-order valence-electron chi connectivity index (χ2n) is 11.9. The minimum absolute atomic E-state index is 0.0665. The van der Waals surface area contributed by atoms with Gasteiger partial charge in [0.05, 0.1) is 24.3 Å². The van der Waals surface area contributed by atoms with Crippen LogP contribution in [0.2, 0.25) is 0 Å². The second kappa shape index (κ2) is 12.2. The number of amides is 1. The number of furan rings is 1. The molecule has 0 bridgehead atoms. The van der Waals surface area contributed by atoms with Crippen LogP contribution in [0.5, 0.6) is 11.5 Å². The van der Waals surface area contributed by atoms with Crippen LogP contribution < -0.4 is 20.8 Å². The Bertz CT molecular complexity index is 1980. The number of ether oxygens (including phenoxy) is 2. The van der Waals surface area contributed by atoms with Crippen molar-refractivity contribution in [2.75, 3.05) is 71.9 Å². The van der Waals surface area contributed by atoms with E-state index in [2.05, 4.69) is 20.4 Å². The smallest absolute Gasteiger partial charge is 0.256 e. The molecule has 4 heterocycles. The fourth-order valence-electron chi connectivity index (χ4n) is 6.18. The summed E-state index contributed by atoms with van der Waals surface area (Å²) in [5.41, 5.74) is 1.90. The number of hydrogen-bond donors (Lipinski definition) is 2. The number of halogens is 1. The molecule has 7 rings (SSSR count). The summed E-state index contributed by atoms with van der Waals surface area (Å²) in [6.07, 6.45) is 3.30. The highest BCUT2D eigenvalue weighted by atomic mass is 19.1. The third-order valence-corrected chi connectivity index (χ3v) is 8.52. The van der Waals surface area contributed by atoms with E-state index < -0.39 is 17.2 Å². The van der Waals surface area contributed by atoms with Gasteiger partial charge in [-0.3, -0.25) is 14.5 Å². The first-order valence-electron chi connectivity index (χ1n) is 15.4. The van der Waals surface area contributed by atoms with Crippen molar-refractivity contribution in [1.82, 2.24) is 19.7 Å². The fraction of sp³-hybridized carbons (Fsp3) is 0.353. The second-order valence-corrected chi connectivity index (χ2v) is 11.9. The van der Waals surface area contributed by atoms with Gasteiger partial charge in [0.2, 0.25) is 5.43 Å². The van der Waals surface area contributed by atoms with Crippen molar-refractivity contribution < 1.29 is 23.1 Å². The Hall–Kier alpha value is -4.45. The Morgan fingerprint density at radius 1 is 1.00 bits per heavy atom. The number of nitrogens with zero attached hydrogens (tertiary/aromatic N) is 3. The van der Waals surface area contributed by atoms with Crippen molar-refractivity contribution in [3.05, 3.63) is 70.3 Å². The number of pyridine rings is 1. The van der Waals surface area contributed by atoms with Crippen LogP contribution in [0.4, 0.5) is 10.1 Å². The highest BCUT2D eigenvalue weighted by Gasteiger charge is 2.29. The lowest BCUT2D eigenvalue weighted by molar-refractivity contribution is 0.0383. The summed E-state index contributed by atoms with van der Waals surface area (Å²) >= 11 is 0. The lowest BCUT2D eigenvalue weighted by atomic mass is 10.0. The number of hydrogen-bond acceptors (Lipinski definition) is 8. The number of morpholine rings is 1. The van der Waals surface area contributed by atoms with Crippen LogP contribution in [0, 0.1) is 5.82 Å². The van der Waals surface area contributed by atoms with Crippen molar-refractivity contribution in [1.29, 1.82) is 0 Å². The highest BCUT2D eigenvalue weighted by molar-refractivity contribution is 6.07. The summed E-state index contributed by atoms with van der Waals surface area (Å²) < 4.78 is 35.6. The van der Waals surface area contributed by atoms with E-state index in [1.807, 2.05) is 50.5 Å². The number of anilines is 1. The maximum atomic E-state index is 15.8. The van der Waals surface area contributed by atoms with Crippen LogP contribution in [0.15, 0.2) is 57.9 Å². The maximum Gasteiger partial charge on any atom is 0.256 e. The molecule has 2 aromatic heterocycles. The van der Waals surface area contributed by atoms with Crippen LogP contribution in [-0.2, 0) is 4.74 Å². The molecule has 1 saturated heterocycles. The van der Waals surface area contributed by atoms with Crippen molar-refractivity contribution in [3.8, 4) is 17.2 Å². The van der Waals surface area contributed by atoms with E-state index in [1.54, 1.807) is 4.57 Å². The zero-order valence-corrected chi connectivity index (χ0v) is 25.5. The summed E-state index contributed by atoms with van der Waals surface area (Å²) in [6.45, 7) is 5.35. The van der Waals surface area contributed by atoms with Crippen molar-refractivity contribution in [2.45, 2.75) is 12.8 Å². The van der Waals surface area contributed by atoms with E-state index in [1.165, 1.54) is 12.3 Å². The quantitative estimate of drug-likeness (QED) is 0.210. The third kappa shape index (κ3) is 5.52. The molecule has 11 heteroatoms. The molecule has 5 aromatic rings. The van der Waals surface area contributed by atoms with Crippen LogP contribution in [0.1, 0.15) is 23.2 Å². The Labute approximate surface area is 259 Å². The van der Waals surface area contributed by atoms with E-state index in [0.717, 1.165) is 48.8 Å². The van der Waals surface area contributed by atoms with Gasteiger partial charge in [0.1, 0.15) is 27.9 Å². The molecular formula is C34H36FN5O5. The average Bonchev–Trinajstić information content (AvgIpc) is 3.40. The van der Waals surface area contributed by atoms with Crippen molar-refractivity contribution in [2.24, 2.45) is 0 Å². The number of nitrogens with one attached hydrogen (secondary N) is 2. The van der Waals surface area contributed by atoms with E-state index >= 15 is 4.39 Å². The molecule has 0 radical (unpaired) electrons. The van der Waals surface area contributed by atoms with E-state index in [0.29, 0.717) is 55.4 Å². The standard InChI is InChI=1S/C34H36FN5O5/c1-38(2)11-6-5-9-36-30-25(35)17-23-31-33(30)45-29-18-22-21-7-3-4-8-27(21)44-28(22)19-26(29)40(31)20-24(32(23)41)34(42)37-10-12-39-13-15-43-16-14-39/h3-4,7-8,17-20,36H,5-6,9-16H2,1-2H3,(H,37,42). The largest absolute Gasteiger partial charge is 0.456 e. The number of benzene rings is 3. The number of para-hydroxylation sites is 1. The molecular weight excluding hydrogens is 577 g/mol. The van der Waals surface area contributed by atoms with Crippen molar-refractivity contribution in [3.63, 3.8) is 0 Å². The van der Waals surface area contributed by atoms with Gasteiger partial charge in [-0.25, -0.2) is 4.39 Å². The molecule has 0 aliphatic carbocycles. The number of aromatic nitrogens is 1. The first-order chi connectivity index (χ1) is 21.9. The molecule has 2 N–H and O–H groups in total. The lowest BCUT2D eigenvalue weighted by Gasteiger charge is -2.27. The Balaban J connectivity index is 1.31. The van der Waals surface area contributed by atoms with E-state index in [9.17, 15) is 9.59 Å². The van der Waals surface area contributed by atoms with Crippen LogP contribution in [0.3, 0.4) is 0 Å². The SMILES string of the molecule is CN(C)CCCCNc1c(F)cc2c(=O)c(C(=O)NCCN3CCOCC3)cn3c2c1Oc1cc2c(cc1-3)oc1ccccc12. The fourth-order valence-corrected chi connectivity index (χ4v) is 6.18. The Kier molecular flexibility index (Phi) is 7.90. The van der Waals surface area contributed by atoms with Crippen molar-refractivity contribution >= 4 is 44.4 Å². The molecule has 1 amide bonds. The summed E-state index contributed by atoms with van der Waals surface area (Å²) in [7, 11) is 4.04. The predicted octanol–water partition coefficient (Wildman–Crippen LogP) is 4.95. The summed E-state index contributed by atoms with van der Waals surface area (Å²) in [5.74, 6) is -0.446. The first kappa shape index (κ1) is 29.3. The first-order valence-corrected chi connectivity index (χ1v) is 15.4. The van der Waals surface area contributed by atoms with Gasteiger partial charge >= 0.3 is 0 Å². The molecule has 2 aliphatic heterocycles. The van der Waals surface area contributed by atoms with Gasteiger partial charge in [0.15, 0.2) is 17.3 Å². The monoisotopic (exact) mass is 613 g/mol. The lowest BCUT2D eigenvalue weighted by Crippen LogP contribution is -2.42. The predicted molar refractivity (Wildman–Crippen MR) is 173 cm³/mol. The number of carbonyl (C=O) groups is 1. The van der Waals surface area contributed by atoms with Crippen LogP contribution >= 0.6 is 0 Å². The topological polar surface area (TPSA) is 101 Å². The summed E-state index contributed by atoms with van der Waals surface area (Å²) in [5, 5.41) is 7.95. The molecule has 0 unspecified atom stereocenters. The maximum absolute atomic E-state index is 15.8. The summed E-state index contributed by atoms with van der Waals surface area (Å²) in [4.78, 5) is 31.5. The normalized spacial score (nSPS) is 14.7. The zero-order valence-electron chi connectivity index (χ0n) is 25.5. The van der Waals surface area contributed by atoms with Crippen LogP contribution in [-0.4, -0.2) is 86.9 Å².